The maximum absolute atomic E-state index is 11.1. The monoisotopic (exact) mass is 327 g/mol. The molecule has 1 heterocycles. The van der Waals surface area contributed by atoms with Gasteiger partial charge in [0.05, 0.1) is 12.6 Å². The molecule has 8 heteroatoms. The Hall–Kier alpha value is -1.55. The highest BCUT2D eigenvalue weighted by Gasteiger charge is 2.43. The molecule has 8 nitrogen and oxygen atoms in total. The van der Waals surface area contributed by atoms with Gasteiger partial charge in [0.15, 0.2) is 6.29 Å². The molecular formula is C15H21NO7. The minimum Gasteiger partial charge on any atom is -0.426 e. The number of para-hydroxylation sites is 1. The van der Waals surface area contributed by atoms with Gasteiger partial charge in [0.25, 0.3) is 0 Å². The molecule has 5 atom stereocenters. The number of esters is 1. The molecule has 0 aliphatic carbocycles. The summed E-state index contributed by atoms with van der Waals surface area (Å²) in [5, 5.41) is 41.7. The number of carbonyl (C=O) groups excluding carboxylic acids is 1. The lowest BCUT2D eigenvalue weighted by atomic mass is 9.97. The second-order valence-electron chi connectivity index (χ2n) is 5.34. The Labute approximate surface area is 133 Å². The van der Waals surface area contributed by atoms with Gasteiger partial charge in [0, 0.05) is 19.0 Å². The van der Waals surface area contributed by atoms with E-state index in [0.717, 1.165) is 0 Å². The molecule has 0 spiro atoms. The van der Waals surface area contributed by atoms with Crippen LogP contribution >= 0.6 is 0 Å². The van der Waals surface area contributed by atoms with Crippen LogP contribution < -0.4 is 10.1 Å². The topological polar surface area (TPSA) is 128 Å². The minimum absolute atomic E-state index is 0.169. The van der Waals surface area contributed by atoms with E-state index < -0.39 is 43.2 Å². The molecule has 1 aromatic carbocycles. The normalized spacial score (nSPS) is 30.9. The maximum atomic E-state index is 11.1. The first-order chi connectivity index (χ1) is 10.9. The van der Waals surface area contributed by atoms with Crippen molar-refractivity contribution in [3.63, 3.8) is 0 Å². The van der Waals surface area contributed by atoms with Crippen molar-refractivity contribution < 1.29 is 34.7 Å². The summed E-state index contributed by atoms with van der Waals surface area (Å²) in [6, 6.07) is 5.86. The van der Waals surface area contributed by atoms with Crippen LogP contribution in [-0.4, -0.2) is 63.6 Å². The van der Waals surface area contributed by atoms with Crippen molar-refractivity contribution in [2.45, 2.75) is 44.1 Å². The van der Waals surface area contributed by atoms with Crippen molar-refractivity contribution in [2.75, 3.05) is 6.61 Å². The van der Waals surface area contributed by atoms with Gasteiger partial charge >= 0.3 is 5.97 Å². The summed E-state index contributed by atoms with van der Waals surface area (Å²) in [6.07, 6.45) is -5.10. The number of hydrogen-bond donors (Lipinski definition) is 5. The summed E-state index contributed by atoms with van der Waals surface area (Å²) in [4.78, 5) is 11.1. The fourth-order valence-electron chi connectivity index (χ4n) is 2.45. The van der Waals surface area contributed by atoms with Crippen molar-refractivity contribution >= 4 is 5.97 Å². The maximum Gasteiger partial charge on any atom is 0.308 e. The van der Waals surface area contributed by atoms with Crippen LogP contribution in [0.4, 0.5) is 0 Å². The lowest BCUT2D eigenvalue weighted by Gasteiger charge is -2.40. The van der Waals surface area contributed by atoms with Crippen LogP contribution in [0.2, 0.25) is 0 Å². The van der Waals surface area contributed by atoms with Crippen molar-refractivity contribution in [2.24, 2.45) is 0 Å². The first-order valence-electron chi connectivity index (χ1n) is 7.24. The van der Waals surface area contributed by atoms with E-state index in [4.69, 9.17) is 14.6 Å². The van der Waals surface area contributed by atoms with Crippen molar-refractivity contribution in [3.05, 3.63) is 29.8 Å². The molecule has 1 saturated heterocycles. The van der Waals surface area contributed by atoms with Gasteiger partial charge in [0.1, 0.15) is 24.1 Å². The SMILES string of the molecule is CC(=O)Oc1ccccc1CN[C@H]1C(O)O[C@H](CO)[C@@H](O)[C@@H]1O. The van der Waals surface area contributed by atoms with E-state index in [2.05, 4.69) is 5.32 Å². The van der Waals surface area contributed by atoms with E-state index in [0.29, 0.717) is 11.3 Å². The van der Waals surface area contributed by atoms with E-state index in [1.54, 1.807) is 24.3 Å². The Morgan fingerprint density at radius 3 is 2.61 bits per heavy atom. The molecule has 2 rings (SSSR count). The molecule has 1 fully saturated rings. The Kier molecular flexibility index (Phi) is 6.05. The molecule has 0 saturated carbocycles. The number of rotatable bonds is 5. The number of carbonyl (C=O) groups is 1. The van der Waals surface area contributed by atoms with E-state index in [9.17, 15) is 20.1 Å². The van der Waals surface area contributed by atoms with Gasteiger partial charge in [-0.1, -0.05) is 18.2 Å². The number of benzene rings is 1. The summed E-state index contributed by atoms with van der Waals surface area (Å²) < 4.78 is 10.1. The summed E-state index contributed by atoms with van der Waals surface area (Å²) >= 11 is 0. The predicted molar refractivity (Wildman–Crippen MR) is 78.4 cm³/mol. The van der Waals surface area contributed by atoms with Gasteiger partial charge in [-0.2, -0.15) is 0 Å². The lowest BCUT2D eigenvalue weighted by molar-refractivity contribution is -0.254. The molecule has 0 bridgehead atoms. The van der Waals surface area contributed by atoms with Gasteiger partial charge in [-0.3, -0.25) is 4.79 Å². The fraction of sp³-hybridized carbons (Fsp3) is 0.533. The minimum atomic E-state index is -1.40. The Balaban J connectivity index is 2.04. The highest BCUT2D eigenvalue weighted by molar-refractivity contribution is 5.69. The molecular weight excluding hydrogens is 306 g/mol. The van der Waals surface area contributed by atoms with Gasteiger partial charge in [-0.15, -0.1) is 0 Å². The molecule has 5 N–H and O–H groups in total. The van der Waals surface area contributed by atoms with Gasteiger partial charge < -0.3 is 35.2 Å². The smallest absolute Gasteiger partial charge is 0.308 e. The van der Waals surface area contributed by atoms with Gasteiger partial charge in [0.2, 0.25) is 0 Å². The first kappa shape index (κ1) is 17.8. The van der Waals surface area contributed by atoms with Crippen LogP contribution in [0.15, 0.2) is 24.3 Å². The van der Waals surface area contributed by atoms with Crippen LogP contribution in [0.25, 0.3) is 0 Å². The third-order valence-electron chi connectivity index (χ3n) is 3.65. The highest BCUT2D eigenvalue weighted by Crippen LogP contribution is 2.22. The van der Waals surface area contributed by atoms with E-state index in [1.165, 1.54) is 6.92 Å². The zero-order valence-electron chi connectivity index (χ0n) is 12.6. The molecule has 1 aliphatic rings. The summed E-state index contributed by atoms with van der Waals surface area (Å²) in [7, 11) is 0. The van der Waals surface area contributed by atoms with Crippen LogP contribution in [-0.2, 0) is 16.1 Å². The zero-order chi connectivity index (χ0) is 17.0. The molecule has 1 unspecified atom stereocenters. The van der Waals surface area contributed by atoms with E-state index >= 15 is 0 Å². The number of aliphatic hydroxyl groups is 4. The molecule has 23 heavy (non-hydrogen) atoms. The Morgan fingerprint density at radius 1 is 1.26 bits per heavy atom. The van der Waals surface area contributed by atoms with Crippen molar-refractivity contribution in [1.82, 2.24) is 5.32 Å². The Bertz CT molecular complexity index is 538. The van der Waals surface area contributed by atoms with Crippen molar-refractivity contribution in [1.29, 1.82) is 0 Å². The molecule has 128 valence electrons. The average molecular weight is 327 g/mol. The van der Waals surface area contributed by atoms with Crippen molar-refractivity contribution in [3.8, 4) is 5.75 Å². The second kappa shape index (κ2) is 7.82. The first-order valence-corrected chi connectivity index (χ1v) is 7.24. The summed E-state index contributed by atoms with van der Waals surface area (Å²) in [6.45, 7) is 0.942. The third kappa shape index (κ3) is 4.25. The highest BCUT2D eigenvalue weighted by atomic mass is 16.6. The van der Waals surface area contributed by atoms with Crippen LogP contribution in [0, 0.1) is 0 Å². The standard InChI is InChI=1S/C15H21NO7/c1-8(18)22-10-5-3-2-4-9(10)6-16-12-14(20)13(19)11(7-17)23-15(12)21/h2-5,11-17,19-21H,6-7H2,1H3/t11-,12-,13-,14-,15?/m1/s1. The Morgan fingerprint density at radius 2 is 1.96 bits per heavy atom. The molecule has 0 aromatic heterocycles. The number of hydrogen-bond acceptors (Lipinski definition) is 8. The number of nitrogens with one attached hydrogen (secondary N) is 1. The second-order valence-corrected chi connectivity index (χ2v) is 5.34. The van der Waals surface area contributed by atoms with Crippen LogP contribution in [0.1, 0.15) is 12.5 Å². The molecule has 0 amide bonds. The quantitative estimate of drug-likeness (QED) is 0.326. The van der Waals surface area contributed by atoms with Gasteiger partial charge in [-0.05, 0) is 6.07 Å². The average Bonchev–Trinajstić information content (AvgIpc) is 2.51. The number of ether oxygens (including phenoxy) is 2. The van der Waals surface area contributed by atoms with Crippen LogP contribution in [0.3, 0.4) is 0 Å². The summed E-state index contributed by atoms with van der Waals surface area (Å²) in [5.74, 6) is -0.0956. The lowest BCUT2D eigenvalue weighted by Crippen LogP contribution is -2.63. The van der Waals surface area contributed by atoms with Crippen LogP contribution in [0.5, 0.6) is 5.75 Å². The predicted octanol–water partition coefficient (Wildman–Crippen LogP) is -1.50. The molecule has 1 aliphatic heterocycles. The van der Waals surface area contributed by atoms with Gasteiger partial charge in [-0.25, -0.2) is 0 Å². The fourth-order valence-corrected chi connectivity index (χ4v) is 2.45. The third-order valence-corrected chi connectivity index (χ3v) is 3.65. The van der Waals surface area contributed by atoms with E-state index in [1.807, 2.05) is 0 Å². The largest absolute Gasteiger partial charge is 0.426 e. The molecule has 0 radical (unpaired) electrons. The molecule has 1 aromatic rings. The van der Waals surface area contributed by atoms with E-state index in [-0.39, 0.29) is 6.54 Å². The summed E-state index contributed by atoms with van der Waals surface area (Å²) in [5.41, 5.74) is 0.640. The zero-order valence-corrected chi connectivity index (χ0v) is 12.6. The number of aliphatic hydroxyl groups excluding tert-OH is 4.